The molecule has 0 N–H and O–H groups in total. The van der Waals surface area contributed by atoms with E-state index in [1.54, 1.807) is 6.08 Å². The highest BCUT2D eigenvalue weighted by atomic mass is 16.5. The molecule has 0 bridgehead atoms. The van der Waals surface area contributed by atoms with Crippen molar-refractivity contribution in [2.45, 2.75) is 40.5 Å². The summed E-state index contributed by atoms with van der Waals surface area (Å²) >= 11 is 0. The van der Waals surface area contributed by atoms with E-state index in [-0.39, 0.29) is 17.2 Å². The highest BCUT2D eigenvalue weighted by Crippen LogP contribution is 2.38. The van der Waals surface area contributed by atoms with Crippen LogP contribution in [0.3, 0.4) is 0 Å². The van der Waals surface area contributed by atoms with Gasteiger partial charge in [0.05, 0.1) is 13.2 Å². The van der Waals surface area contributed by atoms with Crippen molar-refractivity contribution in [1.29, 1.82) is 0 Å². The molecule has 0 aromatic carbocycles. The zero-order valence-corrected chi connectivity index (χ0v) is 12.9. The van der Waals surface area contributed by atoms with E-state index < -0.39 is 0 Å². The number of rotatable bonds is 6. The molecule has 0 aromatic heterocycles. The maximum absolute atomic E-state index is 12.2. The molecule has 1 aliphatic rings. The highest BCUT2D eigenvalue weighted by molar-refractivity contribution is 5.78. The van der Waals surface area contributed by atoms with Crippen LogP contribution in [-0.4, -0.2) is 37.1 Å². The minimum Gasteiger partial charge on any atom is -0.377 e. The number of amides is 1. The first-order valence-electron chi connectivity index (χ1n) is 7.40. The van der Waals surface area contributed by atoms with Gasteiger partial charge in [-0.3, -0.25) is 4.79 Å². The maximum Gasteiger partial charge on any atom is 0.225 e. The minimum absolute atomic E-state index is 0.0806. The second-order valence-electron chi connectivity index (χ2n) is 6.34. The van der Waals surface area contributed by atoms with Crippen molar-refractivity contribution in [3.63, 3.8) is 0 Å². The van der Waals surface area contributed by atoms with Crippen LogP contribution in [0.25, 0.3) is 0 Å². The van der Waals surface area contributed by atoms with Crippen molar-refractivity contribution in [1.82, 2.24) is 4.90 Å². The van der Waals surface area contributed by atoms with Crippen molar-refractivity contribution in [2.24, 2.45) is 17.3 Å². The van der Waals surface area contributed by atoms with Crippen molar-refractivity contribution < 1.29 is 9.53 Å². The van der Waals surface area contributed by atoms with Gasteiger partial charge in [0.25, 0.3) is 0 Å². The molecule has 3 heteroatoms. The molecule has 0 aliphatic carbocycles. The fourth-order valence-electron chi connectivity index (χ4n) is 2.81. The Morgan fingerprint density at radius 2 is 2.11 bits per heavy atom. The summed E-state index contributed by atoms with van der Waals surface area (Å²) in [6.45, 7) is 15.1. The van der Waals surface area contributed by atoms with E-state index >= 15 is 0 Å². The van der Waals surface area contributed by atoms with E-state index in [4.69, 9.17) is 4.74 Å². The Hall–Kier alpha value is -0.830. The van der Waals surface area contributed by atoms with E-state index in [2.05, 4.69) is 20.4 Å². The van der Waals surface area contributed by atoms with Gasteiger partial charge in [-0.15, -0.1) is 6.58 Å². The van der Waals surface area contributed by atoms with E-state index in [1.807, 2.05) is 18.7 Å². The normalized spacial score (nSPS) is 24.0. The average molecular weight is 267 g/mol. The summed E-state index contributed by atoms with van der Waals surface area (Å²) in [7, 11) is 0. The third-order valence-corrected chi connectivity index (χ3v) is 4.26. The Balaban J connectivity index is 2.74. The van der Waals surface area contributed by atoms with E-state index in [9.17, 15) is 4.79 Å². The van der Waals surface area contributed by atoms with Crippen molar-refractivity contribution in [3.05, 3.63) is 12.7 Å². The molecule has 19 heavy (non-hydrogen) atoms. The predicted molar refractivity (Wildman–Crippen MR) is 78.9 cm³/mol. The highest BCUT2D eigenvalue weighted by Gasteiger charge is 2.40. The molecule has 0 saturated carbocycles. The molecule has 110 valence electrons. The fraction of sp³-hybridized carbons (Fsp3) is 0.812. The van der Waals surface area contributed by atoms with E-state index in [0.717, 1.165) is 32.5 Å². The van der Waals surface area contributed by atoms with Gasteiger partial charge >= 0.3 is 0 Å². The number of hydrogen-bond donors (Lipinski definition) is 0. The quantitative estimate of drug-likeness (QED) is 0.546. The molecule has 1 rings (SSSR count). The molecule has 1 unspecified atom stereocenters. The Bertz CT molecular complexity index is 312. The minimum atomic E-state index is 0.0806. The van der Waals surface area contributed by atoms with Crippen LogP contribution in [0.15, 0.2) is 12.7 Å². The van der Waals surface area contributed by atoms with Crippen LogP contribution in [0.2, 0.25) is 0 Å². The zero-order valence-electron chi connectivity index (χ0n) is 12.9. The Morgan fingerprint density at radius 1 is 1.42 bits per heavy atom. The lowest BCUT2D eigenvalue weighted by molar-refractivity contribution is -0.140. The van der Waals surface area contributed by atoms with E-state index in [0.29, 0.717) is 12.5 Å². The molecular formula is C16H29NO2. The number of carbonyl (C=O) groups is 1. The van der Waals surface area contributed by atoms with Gasteiger partial charge in [-0.25, -0.2) is 0 Å². The first-order valence-corrected chi connectivity index (χ1v) is 7.40. The summed E-state index contributed by atoms with van der Waals surface area (Å²) < 4.78 is 5.72. The van der Waals surface area contributed by atoms with Gasteiger partial charge in [-0.1, -0.05) is 33.8 Å². The number of nitrogens with zero attached hydrogens (tertiary/aromatic N) is 1. The van der Waals surface area contributed by atoms with Crippen LogP contribution in [0.1, 0.15) is 40.5 Å². The first kappa shape index (κ1) is 16.2. The van der Waals surface area contributed by atoms with Gasteiger partial charge in [-0.2, -0.15) is 0 Å². The lowest BCUT2D eigenvalue weighted by atomic mass is 9.71. The SMILES string of the molecule is C=CCOCC1(C(C)C)CCCN(C(=O)C(C)C)C1. The zero-order chi connectivity index (χ0) is 14.5. The smallest absolute Gasteiger partial charge is 0.225 e. The second kappa shape index (κ2) is 7.09. The lowest BCUT2D eigenvalue weighted by Gasteiger charge is -2.46. The topological polar surface area (TPSA) is 29.5 Å². The molecule has 0 radical (unpaired) electrons. The monoisotopic (exact) mass is 267 g/mol. The first-order chi connectivity index (χ1) is 8.93. The molecule has 0 spiro atoms. The predicted octanol–water partition coefficient (Wildman–Crippen LogP) is 3.11. The molecule has 1 fully saturated rings. The van der Waals surface area contributed by atoms with Crippen LogP contribution < -0.4 is 0 Å². The summed E-state index contributed by atoms with van der Waals surface area (Å²) in [5, 5.41) is 0. The molecule has 1 heterocycles. The number of carbonyl (C=O) groups excluding carboxylic acids is 1. The van der Waals surface area contributed by atoms with Gasteiger partial charge in [0.1, 0.15) is 0 Å². The summed E-state index contributed by atoms with van der Waals surface area (Å²) in [6.07, 6.45) is 4.01. The van der Waals surface area contributed by atoms with Crippen molar-refractivity contribution in [3.8, 4) is 0 Å². The molecule has 3 nitrogen and oxygen atoms in total. The Kier molecular flexibility index (Phi) is 6.05. The van der Waals surface area contributed by atoms with Crippen LogP contribution in [0, 0.1) is 17.3 Å². The third-order valence-electron chi connectivity index (χ3n) is 4.26. The molecule has 1 atom stereocenters. The summed E-state index contributed by atoms with van der Waals surface area (Å²) in [5.41, 5.74) is 0.103. The molecule has 1 saturated heterocycles. The van der Waals surface area contributed by atoms with E-state index in [1.165, 1.54) is 0 Å². The van der Waals surface area contributed by atoms with Gasteiger partial charge in [0.15, 0.2) is 0 Å². The van der Waals surface area contributed by atoms with Gasteiger partial charge in [-0.05, 0) is 18.8 Å². The second-order valence-corrected chi connectivity index (χ2v) is 6.34. The number of hydrogen-bond acceptors (Lipinski definition) is 2. The largest absolute Gasteiger partial charge is 0.377 e. The van der Waals surface area contributed by atoms with Gasteiger partial charge < -0.3 is 9.64 Å². The lowest BCUT2D eigenvalue weighted by Crippen LogP contribution is -2.51. The van der Waals surface area contributed by atoms with Crippen molar-refractivity contribution in [2.75, 3.05) is 26.3 Å². The summed E-state index contributed by atoms with van der Waals surface area (Å²) in [4.78, 5) is 14.2. The fourth-order valence-corrected chi connectivity index (χ4v) is 2.81. The van der Waals surface area contributed by atoms with Crippen LogP contribution >= 0.6 is 0 Å². The summed E-state index contributed by atoms with van der Waals surface area (Å²) in [6, 6.07) is 0. The summed E-state index contributed by atoms with van der Waals surface area (Å²) in [5.74, 6) is 0.866. The third kappa shape index (κ3) is 4.07. The Labute approximate surface area is 118 Å². The van der Waals surface area contributed by atoms with Crippen molar-refractivity contribution >= 4 is 5.91 Å². The number of piperidine rings is 1. The van der Waals surface area contributed by atoms with Crippen LogP contribution in [-0.2, 0) is 9.53 Å². The Morgan fingerprint density at radius 3 is 2.63 bits per heavy atom. The number of likely N-dealkylation sites (tertiary alicyclic amines) is 1. The standard InChI is InChI=1S/C16H29NO2/c1-6-10-19-12-16(14(4)5)8-7-9-17(11-16)15(18)13(2)3/h6,13-14H,1,7-12H2,2-5H3. The van der Waals surface area contributed by atoms with Crippen LogP contribution in [0.4, 0.5) is 0 Å². The van der Waals surface area contributed by atoms with Gasteiger partial charge in [0, 0.05) is 24.4 Å². The average Bonchev–Trinajstić information content (AvgIpc) is 2.38. The molecular weight excluding hydrogens is 238 g/mol. The maximum atomic E-state index is 12.2. The molecule has 1 amide bonds. The van der Waals surface area contributed by atoms with Gasteiger partial charge in [0.2, 0.25) is 5.91 Å². The molecule has 0 aromatic rings. The van der Waals surface area contributed by atoms with Crippen LogP contribution in [0.5, 0.6) is 0 Å². The number of ether oxygens (including phenoxy) is 1. The molecule has 1 aliphatic heterocycles.